The van der Waals surface area contributed by atoms with Crippen LogP contribution in [0.2, 0.25) is 0 Å². The molecular weight excluding hydrogens is 325 g/mol. The molecule has 0 aromatic heterocycles. The number of halogens is 3. The van der Waals surface area contributed by atoms with Crippen molar-refractivity contribution < 1.29 is 17.4 Å². The van der Waals surface area contributed by atoms with Gasteiger partial charge in [0.1, 0.15) is 0 Å². The van der Waals surface area contributed by atoms with Crippen LogP contribution in [0.3, 0.4) is 0 Å². The zero-order valence-electron chi connectivity index (χ0n) is 10.4. The van der Waals surface area contributed by atoms with Gasteiger partial charge in [0, 0.05) is 0 Å². The van der Waals surface area contributed by atoms with Gasteiger partial charge in [0.2, 0.25) is 0 Å². The van der Waals surface area contributed by atoms with Gasteiger partial charge in [-0.05, 0) is 0 Å². The Bertz CT molecular complexity index is 422. The van der Waals surface area contributed by atoms with E-state index in [1.54, 1.807) is 0 Å². The number of rotatable bonds is 2. The number of allylic oxidation sites excluding steroid dienone is 4. The van der Waals surface area contributed by atoms with Crippen LogP contribution in [0.15, 0.2) is 52.3 Å². The van der Waals surface area contributed by atoms with Crippen molar-refractivity contribution in [1.82, 2.24) is 0 Å². The average Bonchev–Trinajstić information content (AvgIpc) is 2.66. The van der Waals surface area contributed by atoms with E-state index in [9.17, 15) is 0 Å². The Labute approximate surface area is 138 Å². The molecule has 0 fully saturated rings. The van der Waals surface area contributed by atoms with Crippen LogP contribution in [0.1, 0.15) is 25.8 Å². The zero-order valence-corrected chi connectivity index (χ0v) is 14.3. The minimum absolute atomic E-state index is 0. The standard InChI is InChI=1S/C14H15.3ClH.V/c1-14(2,13-10-6-7-11-13)12-8-4-3-5-9-12;;;;/h3-6,8-10H,7H2,1-2H3;3*1H;. The van der Waals surface area contributed by atoms with Crippen LogP contribution >= 0.6 is 37.2 Å². The summed E-state index contributed by atoms with van der Waals surface area (Å²) < 4.78 is 1.44. The van der Waals surface area contributed by atoms with Gasteiger partial charge < -0.3 is 0 Å². The van der Waals surface area contributed by atoms with Crippen molar-refractivity contribution in [3.05, 3.63) is 57.9 Å². The van der Waals surface area contributed by atoms with Gasteiger partial charge in [-0.25, -0.2) is 0 Å². The summed E-state index contributed by atoms with van der Waals surface area (Å²) in [6.07, 6.45) is 5.60. The van der Waals surface area contributed by atoms with E-state index >= 15 is 0 Å². The summed E-state index contributed by atoms with van der Waals surface area (Å²) in [4.78, 5) is 0. The van der Waals surface area contributed by atoms with Crippen molar-refractivity contribution in [2.45, 2.75) is 25.7 Å². The fraction of sp³-hybridized carbons (Fsp3) is 0.286. The summed E-state index contributed by atoms with van der Waals surface area (Å²) >= 11 is 2.71. The molecule has 1 aromatic rings. The Morgan fingerprint density at radius 2 is 1.56 bits per heavy atom. The molecule has 0 saturated carbocycles. The average molecular weight is 344 g/mol. The molecule has 0 atom stereocenters. The Kier molecular flexibility index (Phi) is 9.50. The Morgan fingerprint density at radius 3 is 2.00 bits per heavy atom. The smallest absolute Gasteiger partial charge is 0.147 e. The zero-order chi connectivity index (χ0) is 10.9. The number of hydrogen-bond acceptors (Lipinski definition) is 0. The van der Waals surface area contributed by atoms with Gasteiger partial charge in [0.05, 0.1) is 0 Å². The third kappa shape index (κ3) is 4.08. The first kappa shape index (κ1) is 20.5. The molecule has 18 heavy (non-hydrogen) atoms. The Hall–Kier alpha value is 0.154. The molecule has 0 heterocycles. The molecule has 1 aliphatic rings. The second-order valence-electron chi connectivity index (χ2n) is 4.46. The fourth-order valence-corrected chi connectivity index (χ4v) is 2.79. The fourth-order valence-electron chi connectivity index (χ4n) is 2.07. The topological polar surface area (TPSA) is 0 Å². The maximum Gasteiger partial charge on any atom is -0.147 e. The third-order valence-corrected chi connectivity index (χ3v) is 3.74. The molecule has 0 unspecified atom stereocenters. The summed E-state index contributed by atoms with van der Waals surface area (Å²) in [5.41, 5.74) is 2.96. The summed E-state index contributed by atoms with van der Waals surface area (Å²) in [5.74, 6) is 0. The van der Waals surface area contributed by atoms with E-state index in [2.05, 4.69) is 73.8 Å². The van der Waals surface area contributed by atoms with E-state index in [0.29, 0.717) is 0 Å². The van der Waals surface area contributed by atoms with Crippen LogP contribution in [-0.2, 0) is 22.8 Å². The Balaban J connectivity index is 0. The molecule has 100 valence electrons. The third-order valence-electron chi connectivity index (χ3n) is 3.08. The molecular formula is C14H18Cl3V. The van der Waals surface area contributed by atoms with Crippen LogP contribution in [0, 0.1) is 0 Å². The minimum atomic E-state index is 0. The van der Waals surface area contributed by atoms with Gasteiger partial charge in [0.25, 0.3) is 0 Å². The molecule has 1 aromatic carbocycles. The van der Waals surface area contributed by atoms with Crippen molar-refractivity contribution >= 4 is 37.2 Å². The molecule has 2 rings (SSSR count). The van der Waals surface area contributed by atoms with Crippen LogP contribution in [0.5, 0.6) is 0 Å². The molecule has 0 amide bonds. The summed E-state index contributed by atoms with van der Waals surface area (Å²) in [5, 5.41) is 0. The maximum absolute atomic E-state index is 2.71. The molecule has 0 N–H and O–H groups in total. The molecule has 0 nitrogen and oxygen atoms in total. The van der Waals surface area contributed by atoms with E-state index in [0.717, 1.165) is 6.42 Å². The number of benzene rings is 1. The molecule has 1 aliphatic carbocycles. The molecule has 4 heteroatoms. The van der Waals surface area contributed by atoms with Gasteiger partial charge in [-0.3, -0.25) is 0 Å². The first-order valence-corrected chi connectivity index (χ1v) is 5.97. The van der Waals surface area contributed by atoms with Crippen molar-refractivity contribution in [2.75, 3.05) is 0 Å². The van der Waals surface area contributed by atoms with E-state index in [1.165, 1.54) is 15.4 Å². The van der Waals surface area contributed by atoms with Gasteiger partial charge >= 0.3 is 101 Å². The monoisotopic (exact) mass is 342 g/mol. The summed E-state index contributed by atoms with van der Waals surface area (Å²) in [7, 11) is 0. The van der Waals surface area contributed by atoms with Crippen molar-refractivity contribution in [2.24, 2.45) is 0 Å². The van der Waals surface area contributed by atoms with Crippen molar-refractivity contribution in [3.63, 3.8) is 0 Å². The quantitative estimate of drug-likeness (QED) is 0.709. The second kappa shape index (κ2) is 8.35. The molecule has 0 radical (unpaired) electrons. The van der Waals surface area contributed by atoms with Crippen LogP contribution < -0.4 is 0 Å². The maximum atomic E-state index is 2.71. The second-order valence-corrected chi connectivity index (χ2v) is 5.30. The van der Waals surface area contributed by atoms with E-state index in [-0.39, 0.29) is 42.6 Å². The summed E-state index contributed by atoms with van der Waals surface area (Å²) in [6.45, 7) is 4.58. The predicted molar refractivity (Wildman–Crippen MR) is 82.0 cm³/mol. The van der Waals surface area contributed by atoms with E-state index in [1.807, 2.05) is 0 Å². The molecule has 0 spiro atoms. The molecule has 0 bridgehead atoms. The first-order chi connectivity index (χ1) is 7.12. The van der Waals surface area contributed by atoms with Crippen molar-refractivity contribution in [1.29, 1.82) is 0 Å². The first-order valence-electron chi connectivity index (χ1n) is 5.27. The van der Waals surface area contributed by atoms with E-state index < -0.39 is 0 Å². The van der Waals surface area contributed by atoms with Crippen molar-refractivity contribution in [3.8, 4) is 0 Å². The van der Waals surface area contributed by atoms with Gasteiger partial charge in [-0.1, -0.05) is 0 Å². The summed E-state index contributed by atoms with van der Waals surface area (Å²) in [6, 6.07) is 10.7. The SMILES string of the molecule is CC(C)(C1=[C]([V])CC=C1)c1ccccc1.Cl.Cl.Cl. The largest absolute Gasteiger partial charge is 0.147 e. The van der Waals surface area contributed by atoms with Crippen LogP contribution in [-0.4, -0.2) is 0 Å². The minimum Gasteiger partial charge on any atom is -0.147 e. The van der Waals surface area contributed by atoms with Gasteiger partial charge in [-0.2, -0.15) is 0 Å². The normalized spacial score (nSPS) is 13.4. The predicted octanol–water partition coefficient (Wildman–Crippen LogP) is 4.99. The van der Waals surface area contributed by atoms with E-state index in [4.69, 9.17) is 0 Å². The Morgan fingerprint density at radius 1 is 1.00 bits per heavy atom. The number of hydrogen-bond donors (Lipinski definition) is 0. The van der Waals surface area contributed by atoms with Crippen LogP contribution in [0.4, 0.5) is 0 Å². The molecule has 0 saturated heterocycles. The molecule has 0 aliphatic heterocycles. The van der Waals surface area contributed by atoms with Gasteiger partial charge in [-0.15, -0.1) is 37.2 Å². The van der Waals surface area contributed by atoms with Gasteiger partial charge in [0.15, 0.2) is 0 Å². The van der Waals surface area contributed by atoms with Crippen LogP contribution in [0.25, 0.3) is 0 Å².